The molecule has 0 radical (unpaired) electrons. The van der Waals surface area contributed by atoms with Crippen LogP contribution in [0.15, 0.2) is 59.6 Å². The van der Waals surface area contributed by atoms with Crippen molar-refractivity contribution in [3.05, 3.63) is 66.2 Å². The number of aryl methyl sites for hydroxylation is 1. The number of halogens is 1. The van der Waals surface area contributed by atoms with Crippen molar-refractivity contribution in [2.24, 2.45) is 0 Å². The third-order valence-electron chi connectivity index (χ3n) is 4.46. The first-order chi connectivity index (χ1) is 14.7. The van der Waals surface area contributed by atoms with Gasteiger partial charge in [-0.05, 0) is 42.8 Å². The van der Waals surface area contributed by atoms with Crippen LogP contribution in [-0.2, 0) is 14.8 Å². The molecule has 4 aromatic rings. The smallest absolute Gasteiger partial charge is 0.264 e. The lowest BCUT2D eigenvalue weighted by Gasteiger charge is -2.12. The number of nitrogens with one attached hydrogen (secondary N) is 2. The van der Waals surface area contributed by atoms with Crippen LogP contribution in [0.25, 0.3) is 21.3 Å². The van der Waals surface area contributed by atoms with Crippen LogP contribution in [-0.4, -0.2) is 24.3 Å². The maximum absolute atomic E-state index is 14.0. The molecular formula is C21H17FN4O3S2. The Morgan fingerprint density at radius 3 is 2.61 bits per heavy atom. The van der Waals surface area contributed by atoms with Gasteiger partial charge in [0, 0.05) is 18.7 Å². The number of pyridine rings is 1. The molecule has 0 saturated heterocycles. The molecule has 2 N–H and O–H groups in total. The molecule has 1 amide bonds. The Bertz CT molecular complexity index is 1420. The van der Waals surface area contributed by atoms with Crippen LogP contribution in [0.1, 0.15) is 12.6 Å². The minimum Gasteiger partial charge on any atom is -0.302 e. The summed E-state index contributed by atoms with van der Waals surface area (Å²) in [4.78, 5) is 19.5. The maximum Gasteiger partial charge on any atom is 0.264 e. The van der Waals surface area contributed by atoms with Gasteiger partial charge in [0.2, 0.25) is 5.91 Å². The van der Waals surface area contributed by atoms with Gasteiger partial charge in [0.25, 0.3) is 10.0 Å². The van der Waals surface area contributed by atoms with Crippen LogP contribution in [0, 0.1) is 12.7 Å². The van der Waals surface area contributed by atoms with E-state index >= 15 is 0 Å². The topological polar surface area (TPSA) is 101 Å². The van der Waals surface area contributed by atoms with E-state index in [9.17, 15) is 17.6 Å². The van der Waals surface area contributed by atoms with Gasteiger partial charge in [-0.2, -0.15) is 0 Å². The number of carbonyl (C=O) groups is 1. The lowest BCUT2D eigenvalue weighted by atomic mass is 10.1. The zero-order valence-electron chi connectivity index (χ0n) is 16.5. The standard InChI is InChI=1S/C21H17FN4O3S2/c1-12-18(26-31(28,29)20-6-4-3-5-16(20)22)9-15(11-23-12)14-7-8-17-19(10-14)30-21(25-17)24-13(2)27/h3-11,26H,1-2H3,(H,24,25,27). The number of rotatable bonds is 5. The van der Waals surface area contributed by atoms with Crippen molar-refractivity contribution in [1.82, 2.24) is 9.97 Å². The van der Waals surface area contributed by atoms with Crippen molar-refractivity contribution in [3.8, 4) is 11.1 Å². The summed E-state index contributed by atoms with van der Waals surface area (Å²) >= 11 is 1.33. The highest BCUT2D eigenvalue weighted by atomic mass is 32.2. The highest BCUT2D eigenvalue weighted by Gasteiger charge is 2.20. The first kappa shape index (κ1) is 20.9. The van der Waals surface area contributed by atoms with Crippen molar-refractivity contribution in [2.75, 3.05) is 10.0 Å². The number of benzene rings is 2. The molecule has 31 heavy (non-hydrogen) atoms. The first-order valence-corrected chi connectivity index (χ1v) is 11.5. The summed E-state index contributed by atoms with van der Waals surface area (Å²) in [7, 11) is -4.12. The van der Waals surface area contributed by atoms with Crippen LogP contribution in [0.4, 0.5) is 15.2 Å². The van der Waals surface area contributed by atoms with Gasteiger partial charge in [0.1, 0.15) is 10.7 Å². The number of hydrogen-bond acceptors (Lipinski definition) is 6. The zero-order valence-corrected chi connectivity index (χ0v) is 18.1. The predicted molar refractivity (Wildman–Crippen MR) is 119 cm³/mol. The second-order valence-corrected chi connectivity index (χ2v) is 9.46. The molecule has 0 spiro atoms. The van der Waals surface area contributed by atoms with Gasteiger partial charge in [-0.1, -0.05) is 29.5 Å². The Morgan fingerprint density at radius 2 is 1.87 bits per heavy atom. The molecule has 0 unspecified atom stereocenters. The van der Waals surface area contributed by atoms with Gasteiger partial charge in [0.15, 0.2) is 5.13 Å². The molecule has 7 nitrogen and oxygen atoms in total. The Morgan fingerprint density at radius 1 is 1.10 bits per heavy atom. The third-order valence-corrected chi connectivity index (χ3v) is 6.79. The Labute approximate surface area is 182 Å². The highest BCUT2D eigenvalue weighted by Crippen LogP contribution is 2.32. The van der Waals surface area contributed by atoms with E-state index < -0.39 is 20.7 Å². The second-order valence-electron chi connectivity index (χ2n) is 6.78. The molecule has 2 aromatic carbocycles. The molecule has 0 aliphatic heterocycles. The van der Waals surface area contributed by atoms with E-state index in [1.807, 2.05) is 18.2 Å². The van der Waals surface area contributed by atoms with Gasteiger partial charge in [-0.25, -0.2) is 17.8 Å². The van der Waals surface area contributed by atoms with Crippen LogP contribution < -0.4 is 10.0 Å². The monoisotopic (exact) mass is 456 g/mol. The van der Waals surface area contributed by atoms with Gasteiger partial charge >= 0.3 is 0 Å². The maximum atomic E-state index is 14.0. The lowest BCUT2D eigenvalue weighted by molar-refractivity contribution is -0.114. The van der Waals surface area contributed by atoms with E-state index in [1.54, 1.807) is 19.2 Å². The molecule has 0 aliphatic rings. The number of thiazole rings is 1. The third kappa shape index (κ3) is 4.39. The number of sulfonamides is 1. The van der Waals surface area contributed by atoms with Gasteiger partial charge in [-0.15, -0.1) is 0 Å². The molecule has 0 atom stereocenters. The minimum absolute atomic E-state index is 0.200. The molecule has 0 bridgehead atoms. The molecular weight excluding hydrogens is 439 g/mol. The molecule has 2 heterocycles. The summed E-state index contributed by atoms with van der Waals surface area (Å²) in [6, 6.07) is 12.4. The fourth-order valence-corrected chi connectivity index (χ4v) is 5.10. The number of nitrogens with zero attached hydrogens (tertiary/aromatic N) is 2. The minimum atomic E-state index is -4.12. The number of aromatic nitrogens is 2. The fraction of sp³-hybridized carbons (Fsp3) is 0.0952. The van der Waals surface area contributed by atoms with E-state index in [1.165, 1.54) is 36.5 Å². The number of amides is 1. The quantitative estimate of drug-likeness (QED) is 0.458. The van der Waals surface area contributed by atoms with E-state index in [4.69, 9.17) is 0 Å². The van der Waals surface area contributed by atoms with Crippen LogP contribution in [0.3, 0.4) is 0 Å². The van der Waals surface area contributed by atoms with Gasteiger partial charge < -0.3 is 5.32 Å². The van der Waals surface area contributed by atoms with E-state index in [-0.39, 0.29) is 11.6 Å². The van der Waals surface area contributed by atoms with Crippen molar-refractivity contribution >= 4 is 48.3 Å². The first-order valence-electron chi connectivity index (χ1n) is 9.15. The lowest BCUT2D eigenvalue weighted by Crippen LogP contribution is -2.15. The van der Waals surface area contributed by atoms with Crippen LogP contribution in [0.2, 0.25) is 0 Å². The Balaban J connectivity index is 1.69. The summed E-state index contributed by atoms with van der Waals surface area (Å²) < 4.78 is 42.6. The van der Waals surface area contributed by atoms with Crippen molar-refractivity contribution in [2.45, 2.75) is 18.7 Å². The summed E-state index contributed by atoms with van der Waals surface area (Å²) in [6.07, 6.45) is 1.63. The molecule has 0 fully saturated rings. The zero-order chi connectivity index (χ0) is 22.2. The molecule has 10 heteroatoms. The van der Waals surface area contributed by atoms with E-state index in [0.29, 0.717) is 16.4 Å². The molecule has 2 aromatic heterocycles. The van der Waals surface area contributed by atoms with Crippen LogP contribution in [0.5, 0.6) is 0 Å². The molecule has 0 saturated carbocycles. The average molecular weight is 457 g/mol. The Hall–Kier alpha value is -3.37. The summed E-state index contributed by atoms with van der Waals surface area (Å²) in [5.74, 6) is -1.03. The molecule has 4 rings (SSSR count). The SMILES string of the molecule is CC(=O)Nc1nc2ccc(-c3cnc(C)c(NS(=O)(=O)c4ccccc4F)c3)cc2s1. The number of anilines is 2. The molecule has 0 aliphatic carbocycles. The number of fused-ring (bicyclic) bond motifs is 1. The predicted octanol–water partition coefficient (Wildman–Crippen LogP) is 4.57. The van der Waals surface area contributed by atoms with Crippen molar-refractivity contribution in [1.29, 1.82) is 0 Å². The second kappa shape index (κ2) is 8.05. The Kier molecular flexibility index (Phi) is 5.42. The highest BCUT2D eigenvalue weighted by molar-refractivity contribution is 7.92. The average Bonchev–Trinajstić information content (AvgIpc) is 3.10. The van der Waals surface area contributed by atoms with Crippen molar-refractivity contribution in [3.63, 3.8) is 0 Å². The number of hydrogen-bond donors (Lipinski definition) is 2. The normalized spacial score (nSPS) is 11.5. The van der Waals surface area contributed by atoms with Crippen molar-refractivity contribution < 1.29 is 17.6 Å². The summed E-state index contributed by atoms with van der Waals surface area (Å²) in [5.41, 5.74) is 2.91. The van der Waals surface area contributed by atoms with Gasteiger partial charge in [0.05, 0.1) is 21.6 Å². The summed E-state index contributed by atoms with van der Waals surface area (Å²) in [5, 5.41) is 3.16. The fourth-order valence-electron chi connectivity index (χ4n) is 2.96. The number of carbonyl (C=O) groups excluding carboxylic acids is 1. The summed E-state index contributed by atoms with van der Waals surface area (Å²) in [6.45, 7) is 3.08. The largest absolute Gasteiger partial charge is 0.302 e. The van der Waals surface area contributed by atoms with Gasteiger partial charge in [-0.3, -0.25) is 14.5 Å². The van der Waals surface area contributed by atoms with E-state index in [0.717, 1.165) is 21.8 Å². The van der Waals surface area contributed by atoms with Crippen LogP contribution >= 0.6 is 11.3 Å². The van der Waals surface area contributed by atoms with E-state index in [2.05, 4.69) is 20.0 Å². The molecule has 158 valence electrons.